The molecule has 2 aliphatic heterocycles. The van der Waals surface area contributed by atoms with Crippen molar-refractivity contribution in [2.45, 2.75) is 44.6 Å². The van der Waals surface area contributed by atoms with Gasteiger partial charge in [0.2, 0.25) is 10.0 Å². The Morgan fingerprint density at radius 2 is 1.75 bits per heavy atom. The summed E-state index contributed by atoms with van der Waals surface area (Å²) in [7, 11) is -3.08. The van der Waals surface area contributed by atoms with Gasteiger partial charge >= 0.3 is 0 Å². The van der Waals surface area contributed by atoms with E-state index in [-0.39, 0.29) is 11.9 Å². The van der Waals surface area contributed by atoms with Crippen LogP contribution in [0.4, 0.5) is 0 Å². The Labute approximate surface area is 98.0 Å². The molecule has 2 heterocycles. The highest BCUT2D eigenvalue weighted by atomic mass is 32.2. The first-order chi connectivity index (χ1) is 7.68. The van der Waals surface area contributed by atoms with Crippen molar-refractivity contribution in [3.05, 3.63) is 0 Å². The van der Waals surface area contributed by atoms with Gasteiger partial charge in [0.1, 0.15) is 0 Å². The van der Waals surface area contributed by atoms with Crippen LogP contribution in [0, 0.1) is 0 Å². The van der Waals surface area contributed by atoms with Crippen LogP contribution < -0.4 is 0 Å². The summed E-state index contributed by atoms with van der Waals surface area (Å²) in [6.45, 7) is 2.13. The minimum absolute atomic E-state index is 0.0618. The van der Waals surface area contributed by atoms with Crippen molar-refractivity contribution in [2.75, 3.05) is 25.4 Å². The molecule has 1 unspecified atom stereocenters. The van der Waals surface area contributed by atoms with E-state index in [1.54, 1.807) is 4.31 Å². The molecule has 2 rings (SSSR count). The topological polar surface area (TPSA) is 46.6 Å². The Hall–Kier alpha value is -0.130. The van der Waals surface area contributed by atoms with E-state index in [0.717, 1.165) is 45.1 Å². The van der Waals surface area contributed by atoms with Crippen LogP contribution in [-0.4, -0.2) is 44.3 Å². The maximum absolute atomic E-state index is 12.1. The van der Waals surface area contributed by atoms with E-state index in [4.69, 9.17) is 4.74 Å². The van der Waals surface area contributed by atoms with E-state index >= 15 is 0 Å². The van der Waals surface area contributed by atoms with Crippen molar-refractivity contribution in [1.82, 2.24) is 4.31 Å². The van der Waals surface area contributed by atoms with Gasteiger partial charge in [-0.2, -0.15) is 0 Å². The highest BCUT2D eigenvalue weighted by molar-refractivity contribution is 7.89. The van der Waals surface area contributed by atoms with Gasteiger partial charge in [0.05, 0.1) is 11.9 Å². The summed E-state index contributed by atoms with van der Waals surface area (Å²) in [5, 5.41) is 0. The van der Waals surface area contributed by atoms with E-state index in [1.807, 2.05) is 0 Å². The van der Waals surface area contributed by atoms with E-state index in [9.17, 15) is 8.42 Å². The molecule has 0 aromatic heterocycles. The molecule has 94 valence electrons. The summed E-state index contributed by atoms with van der Waals surface area (Å²) in [4.78, 5) is 0. The summed E-state index contributed by atoms with van der Waals surface area (Å²) in [5.74, 6) is 0.188. The molecule has 1 atom stereocenters. The Bertz CT molecular complexity index is 301. The zero-order valence-corrected chi connectivity index (χ0v) is 10.5. The van der Waals surface area contributed by atoms with Gasteiger partial charge in [0.15, 0.2) is 0 Å². The maximum Gasteiger partial charge on any atom is 0.216 e. The SMILES string of the molecule is O=S(=O)(CC1CCCO1)N1CCCCCC1. The van der Waals surface area contributed by atoms with E-state index < -0.39 is 10.0 Å². The fourth-order valence-corrected chi connectivity index (χ4v) is 4.19. The Morgan fingerprint density at radius 3 is 2.31 bits per heavy atom. The van der Waals surface area contributed by atoms with Gasteiger partial charge in [-0.3, -0.25) is 0 Å². The minimum Gasteiger partial charge on any atom is -0.377 e. The second kappa shape index (κ2) is 5.47. The van der Waals surface area contributed by atoms with Crippen molar-refractivity contribution < 1.29 is 13.2 Å². The Morgan fingerprint density at radius 1 is 1.06 bits per heavy atom. The zero-order chi connectivity index (χ0) is 11.4. The standard InChI is InChI=1S/C11H21NO3S/c13-16(14,10-11-6-5-9-15-11)12-7-3-1-2-4-8-12/h11H,1-10H2. The van der Waals surface area contributed by atoms with E-state index in [2.05, 4.69) is 0 Å². The number of sulfonamides is 1. The zero-order valence-electron chi connectivity index (χ0n) is 9.73. The van der Waals surface area contributed by atoms with Crippen molar-refractivity contribution in [1.29, 1.82) is 0 Å². The van der Waals surface area contributed by atoms with Crippen molar-refractivity contribution in [3.63, 3.8) is 0 Å². The van der Waals surface area contributed by atoms with Crippen LogP contribution in [0.15, 0.2) is 0 Å². The molecule has 0 saturated carbocycles. The van der Waals surface area contributed by atoms with Crippen LogP contribution >= 0.6 is 0 Å². The molecule has 2 saturated heterocycles. The van der Waals surface area contributed by atoms with Crippen molar-refractivity contribution in [3.8, 4) is 0 Å². The van der Waals surface area contributed by atoms with Gasteiger partial charge in [0, 0.05) is 19.7 Å². The number of rotatable bonds is 3. The van der Waals surface area contributed by atoms with Crippen molar-refractivity contribution >= 4 is 10.0 Å². The summed E-state index contributed by atoms with van der Waals surface area (Å²) in [5.41, 5.74) is 0. The normalized spacial score (nSPS) is 29.1. The molecule has 0 radical (unpaired) electrons. The number of nitrogens with zero attached hydrogens (tertiary/aromatic N) is 1. The summed E-state index contributed by atoms with van der Waals surface area (Å²) in [6, 6.07) is 0. The lowest BCUT2D eigenvalue weighted by Gasteiger charge is -2.21. The molecule has 4 nitrogen and oxygen atoms in total. The first-order valence-electron chi connectivity index (χ1n) is 6.28. The molecule has 0 aromatic carbocycles. The summed E-state index contributed by atoms with van der Waals surface area (Å²) < 4.78 is 31.4. The highest BCUT2D eigenvalue weighted by Gasteiger charge is 2.28. The Kier molecular flexibility index (Phi) is 4.21. The third kappa shape index (κ3) is 3.18. The molecule has 2 aliphatic rings. The molecule has 5 heteroatoms. The van der Waals surface area contributed by atoms with Gasteiger partial charge in [0.25, 0.3) is 0 Å². The fourth-order valence-electron chi connectivity index (χ4n) is 2.44. The van der Waals surface area contributed by atoms with Gasteiger partial charge in [-0.1, -0.05) is 12.8 Å². The predicted octanol–water partition coefficient (Wildman–Crippen LogP) is 1.37. The lowest BCUT2D eigenvalue weighted by molar-refractivity contribution is 0.126. The van der Waals surface area contributed by atoms with Crippen LogP contribution in [0.5, 0.6) is 0 Å². The molecule has 0 spiro atoms. The molecule has 0 N–H and O–H groups in total. The average molecular weight is 247 g/mol. The first kappa shape index (κ1) is 12.3. The second-order valence-electron chi connectivity index (χ2n) is 4.73. The summed E-state index contributed by atoms with van der Waals surface area (Å²) >= 11 is 0. The largest absolute Gasteiger partial charge is 0.377 e. The average Bonchev–Trinajstić information content (AvgIpc) is 2.56. The molecular formula is C11H21NO3S. The Balaban J connectivity index is 1.93. The molecule has 0 aromatic rings. The fraction of sp³-hybridized carbons (Fsp3) is 1.00. The van der Waals surface area contributed by atoms with Gasteiger partial charge in [-0.25, -0.2) is 12.7 Å². The molecule has 0 amide bonds. The number of hydrogen-bond donors (Lipinski definition) is 0. The smallest absolute Gasteiger partial charge is 0.216 e. The third-order valence-electron chi connectivity index (χ3n) is 3.38. The highest BCUT2D eigenvalue weighted by Crippen LogP contribution is 2.18. The second-order valence-corrected chi connectivity index (χ2v) is 6.74. The van der Waals surface area contributed by atoms with Crippen LogP contribution in [0.25, 0.3) is 0 Å². The van der Waals surface area contributed by atoms with Crippen LogP contribution in [-0.2, 0) is 14.8 Å². The van der Waals surface area contributed by atoms with E-state index in [0.29, 0.717) is 13.1 Å². The molecule has 0 aliphatic carbocycles. The minimum atomic E-state index is -3.08. The molecule has 16 heavy (non-hydrogen) atoms. The number of ether oxygens (including phenoxy) is 1. The molecule has 2 fully saturated rings. The maximum atomic E-state index is 12.1. The predicted molar refractivity (Wildman–Crippen MR) is 62.8 cm³/mol. The quantitative estimate of drug-likeness (QED) is 0.757. The van der Waals surface area contributed by atoms with Gasteiger partial charge < -0.3 is 4.74 Å². The first-order valence-corrected chi connectivity index (χ1v) is 7.89. The van der Waals surface area contributed by atoms with Crippen LogP contribution in [0.2, 0.25) is 0 Å². The van der Waals surface area contributed by atoms with Crippen molar-refractivity contribution in [2.24, 2.45) is 0 Å². The monoisotopic (exact) mass is 247 g/mol. The lowest BCUT2D eigenvalue weighted by Crippen LogP contribution is -2.37. The van der Waals surface area contributed by atoms with Crippen LogP contribution in [0.3, 0.4) is 0 Å². The third-order valence-corrected chi connectivity index (χ3v) is 5.32. The van der Waals surface area contributed by atoms with Gasteiger partial charge in [-0.15, -0.1) is 0 Å². The van der Waals surface area contributed by atoms with Gasteiger partial charge in [-0.05, 0) is 25.7 Å². The lowest BCUT2D eigenvalue weighted by atomic mass is 10.2. The summed E-state index contributed by atoms with van der Waals surface area (Å²) in [6.07, 6.45) is 6.16. The van der Waals surface area contributed by atoms with E-state index in [1.165, 1.54) is 0 Å². The molecule has 0 bridgehead atoms. The van der Waals surface area contributed by atoms with Crippen LogP contribution in [0.1, 0.15) is 38.5 Å². The molecular weight excluding hydrogens is 226 g/mol. The number of hydrogen-bond acceptors (Lipinski definition) is 3.